The van der Waals surface area contributed by atoms with Crippen molar-refractivity contribution in [2.45, 2.75) is 32.7 Å². The van der Waals surface area contributed by atoms with E-state index in [1.807, 2.05) is 11.8 Å². The van der Waals surface area contributed by atoms with Gasteiger partial charge in [-0.05, 0) is 25.2 Å². The zero-order valence-electron chi connectivity index (χ0n) is 10.9. The van der Waals surface area contributed by atoms with Crippen molar-refractivity contribution < 1.29 is 14.7 Å². The number of hydrogen-bond donors (Lipinski definition) is 1. The predicted molar refractivity (Wildman–Crippen MR) is 66.6 cm³/mol. The molecule has 0 radical (unpaired) electrons. The standard InChI is InChI=1S/C12H18N4O3/c1-2-5-15(6-9-3-4-9)11(17)8-16-7-10(12(18)19)13-14-16/h7,9H,2-6,8H2,1H3,(H,18,19). The molecule has 0 saturated heterocycles. The molecule has 1 heterocycles. The predicted octanol–water partition coefficient (Wildman–Crippen LogP) is 0.625. The summed E-state index contributed by atoms with van der Waals surface area (Å²) in [7, 11) is 0. The first-order chi connectivity index (χ1) is 9.10. The molecule has 1 aromatic rings. The minimum Gasteiger partial charge on any atom is -0.476 e. The zero-order valence-corrected chi connectivity index (χ0v) is 10.9. The van der Waals surface area contributed by atoms with Crippen LogP contribution in [-0.2, 0) is 11.3 Å². The van der Waals surface area contributed by atoms with Crippen molar-refractivity contribution in [1.82, 2.24) is 19.9 Å². The molecule has 0 atom stereocenters. The summed E-state index contributed by atoms with van der Waals surface area (Å²) in [5.74, 6) is -0.529. The van der Waals surface area contributed by atoms with Crippen molar-refractivity contribution in [3.8, 4) is 0 Å². The van der Waals surface area contributed by atoms with Gasteiger partial charge < -0.3 is 10.0 Å². The summed E-state index contributed by atoms with van der Waals surface area (Å²) in [5.41, 5.74) is -0.142. The number of aromatic nitrogens is 3. The highest BCUT2D eigenvalue weighted by Gasteiger charge is 2.26. The number of amides is 1. The Morgan fingerprint density at radius 3 is 2.79 bits per heavy atom. The molecule has 19 heavy (non-hydrogen) atoms. The van der Waals surface area contributed by atoms with Crippen molar-refractivity contribution in [3.63, 3.8) is 0 Å². The Morgan fingerprint density at radius 1 is 1.53 bits per heavy atom. The van der Waals surface area contributed by atoms with Crippen molar-refractivity contribution in [2.75, 3.05) is 13.1 Å². The van der Waals surface area contributed by atoms with Gasteiger partial charge in [0.2, 0.25) is 5.91 Å². The number of rotatable bonds is 7. The molecule has 1 fully saturated rings. The lowest BCUT2D eigenvalue weighted by Gasteiger charge is -2.21. The number of carboxylic acids is 1. The second kappa shape index (κ2) is 5.81. The van der Waals surface area contributed by atoms with Gasteiger partial charge in [0.1, 0.15) is 6.54 Å². The third kappa shape index (κ3) is 3.77. The van der Waals surface area contributed by atoms with Gasteiger partial charge in [0.15, 0.2) is 5.69 Å². The summed E-state index contributed by atoms with van der Waals surface area (Å²) in [6.07, 6.45) is 4.58. The Bertz CT molecular complexity index is 467. The first-order valence-corrected chi connectivity index (χ1v) is 6.51. The van der Waals surface area contributed by atoms with E-state index >= 15 is 0 Å². The summed E-state index contributed by atoms with van der Waals surface area (Å²) < 4.78 is 1.28. The molecule has 2 rings (SSSR count). The first kappa shape index (κ1) is 13.5. The topological polar surface area (TPSA) is 88.3 Å². The molecule has 1 N–H and O–H groups in total. The van der Waals surface area contributed by atoms with Crippen LogP contribution >= 0.6 is 0 Å². The molecule has 1 amide bonds. The smallest absolute Gasteiger partial charge is 0.358 e. The summed E-state index contributed by atoms with van der Waals surface area (Å²) in [6.45, 7) is 3.61. The van der Waals surface area contributed by atoms with Crippen LogP contribution in [0.4, 0.5) is 0 Å². The molecule has 104 valence electrons. The lowest BCUT2D eigenvalue weighted by Crippen LogP contribution is -2.36. The molecule has 0 unspecified atom stereocenters. The van der Waals surface area contributed by atoms with Gasteiger partial charge in [-0.3, -0.25) is 4.79 Å². The number of aromatic carboxylic acids is 1. The molecule has 7 heteroatoms. The van der Waals surface area contributed by atoms with Gasteiger partial charge in [0, 0.05) is 13.1 Å². The van der Waals surface area contributed by atoms with E-state index < -0.39 is 5.97 Å². The zero-order chi connectivity index (χ0) is 13.8. The van der Waals surface area contributed by atoms with Gasteiger partial charge in [-0.25, -0.2) is 9.48 Å². The second-order valence-electron chi connectivity index (χ2n) is 4.89. The molecule has 7 nitrogen and oxygen atoms in total. The van der Waals surface area contributed by atoms with Gasteiger partial charge >= 0.3 is 5.97 Å². The minimum absolute atomic E-state index is 0.0319. The highest BCUT2D eigenvalue weighted by atomic mass is 16.4. The molecule has 0 aromatic carbocycles. The van der Waals surface area contributed by atoms with Crippen LogP contribution < -0.4 is 0 Å². The monoisotopic (exact) mass is 266 g/mol. The fourth-order valence-corrected chi connectivity index (χ4v) is 1.91. The van der Waals surface area contributed by atoms with E-state index in [0.717, 1.165) is 19.5 Å². The Morgan fingerprint density at radius 2 is 2.26 bits per heavy atom. The maximum absolute atomic E-state index is 12.1. The van der Waals surface area contributed by atoms with Crippen molar-refractivity contribution in [3.05, 3.63) is 11.9 Å². The number of carboxylic acid groups (broad SMARTS) is 1. The maximum Gasteiger partial charge on any atom is 0.358 e. The molecule has 0 bridgehead atoms. The van der Waals surface area contributed by atoms with Crippen LogP contribution in [0.1, 0.15) is 36.7 Å². The Balaban J connectivity index is 1.94. The van der Waals surface area contributed by atoms with Crippen LogP contribution in [0, 0.1) is 5.92 Å². The average Bonchev–Trinajstić information content (AvgIpc) is 3.05. The van der Waals surface area contributed by atoms with E-state index in [1.165, 1.54) is 23.7 Å². The summed E-state index contributed by atoms with van der Waals surface area (Å²) in [6, 6.07) is 0. The Labute approximate surface area is 111 Å². The van der Waals surface area contributed by atoms with Crippen molar-refractivity contribution in [2.24, 2.45) is 5.92 Å². The number of carbonyl (C=O) groups is 2. The SMILES string of the molecule is CCCN(CC1CC1)C(=O)Cn1cc(C(=O)O)nn1. The van der Waals surface area contributed by atoms with Crippen LogP contribution in [0.5, 0.6) is 0 Å². The maximum atomic E-state index is 12.1. The van der Waals surface area contributed by atoms with Crippen LogP contribution in [0.2, 0.25) is 0 Å². The fraction of sp³-hybridized carbons (Fsp3) is 0.667. The lowest BCUT2D eigenvalue weighted by atomic mass is 10.3. The van der Waals surface area contributed by atoms with E-state index in [1.54, 1.807) is 0 Å². The molecule has 1 aromatic heterocycles. The van der Waals surface area contributed by atoms with E-state index in [0.29, 0.717) is 5.92 Å². The highest BCUT2D eigenvalue weighted by Crippen LogP contribution is 2.29. The lowest BCUT2D eigenvalue weighted by molar-refractivity contribution is -0.132. The fourth-order valence-electron chi connectivity index (χ4n) is 1.91. The van der Waals surface area contributed by atoms with Gasteiger partial charge in [-0.1, -0.05) is 12.1 Å². The molecular formula is C12H18N4O3. The van der Waals surface area contributed by atoms with Crippen LogP contribution in [0.25, 0.3) is 0 Å². The Hall–Kier alpha value is -1.92. The molecule has 0 aliphatic heterocycles. The van der Waals surface area contributed by atoms with Gasteiger partial charge in [-0.15, -0.1) is 5.10 Å². The van der Waals surface area contributed by atoms with Crippen LogP contribution in [0.15, 0.2) is 6.20 Å². The van der Waals surface area contributed by atoms with Crippen LogP contribution in [-0.4, -0.2) is 50.0 Å². The third-order valence-electron chi connectivity index (χ3n) is 3.08. The van der Waals surface area contributed by atoms with Gasteiger partial charge in [0.25, 0.3) is 0 Å². The molecule has 1 aliphatic rings. The quantitative estimate of drug-likeness (QED) is 0.781. The average molecular weight is 266 g/mol. The molecule has 1 saturated carbocycles. The summed E-state index contributed by atoms with van der Waals surface area (Å²) in [4.78, 5) is 24.6. The van der Waals surface area contributed by atoms with Crippen LogP contribution in [0.3, 0.4) is 0 Å². The summed E-state index contributed by atoms with van der Waals surface area (Å²) >= 11 is 0. The second-order valence-corrected chi connectivity index (χ2v) is 4.89. The number of hydrogen-bond acceptors (Lipinski definition) is 4. The first-order valence-electron chi connectivity index (χ1n) is 6.51. The highest BCUT2D eigenvalue weighted by molar-refractivity contribution is 5.84. The minimum atomic E-state index is -1.14. The van der Waals surface area contributed by atoms with E-state index in [9.17, 15) is 9.59 Å². The number of nitrogens with zero attached hydrogens (tertiary/aromatic N) is 4. The van der Waals surface area contributed by atoms with Crippen molar-refractivity contribution in [1.29, 1.82) is 0 Å². The normalized spacial score (nSPS) is 14.4. The largest absolute Gasteiger partial charge is 0.476 e. The van der Waals surface area contributed by atoms with E-state index in [-0.39, 0.29) is 18.1 Å². The number of carbonyl (C=O) groups excluding carboxylic acids is 1. The van der Waals surface area contributed by atoms with Crippen molar-refractivity contribution >= 4 is 11.9 Å². The molecule has 1 aliphatic carbocycles. The van der Waals surface area contributed by atoms with E-state index in [4.69, 9.17) is 5.11 Å². The van der Waals surface area contributed by atoms with E-state index in [2.05, 4.69) is 10.3 Å². The Kier molecular flexibility index (Phi) is 4.13. The molecule has 0 spiro atoms. The van der Waals surface area contributed by atoms with Gasteiger partial charge in [-0.2, -0.15) is 0 Å². The molecular weight excluding hydrogens is 248 g/mol. The van der Waals surface area contributed by atoms with Gasteiger partial charge in [0.05, 0.1) is 6.20 Å². The summed E-state index contributed by atoms with van der Waals surface area (Å²) in [5, 5.41) is 15.9. The third-order valence-corrected chi connectivity index (χ3v) is 3.08.